The van der Waals surface area contributed by atoms with Gasteiger partial charge in [-0.3, -0.25) is 0 Å². The van der Waals surface area contributed by atoms with E-state index in [0.717, 1.165) is 28.9 Å². The third-order valence-electron chi connectivity index (χ3n) is 5.05. The molecular weight excluding hydrogens is 362 g/mol. The number of rotatable bonds is 7. The molecular formula is C23H25N5O. The second-order valence-corrected chi connectivity index (χ2v) is 7.13. The van der Waals surface area contributed by atoms with Crippen LogP contribution in [0.2, 0.25) is 0 Å². The minimum Gasteiger partial charge on any atom is -0.334 e. The van der Waals surface area contributed by atoms with Crippen molar-refractivity contribution in [3.63, 3.8) is 0 Å². The van der Waals surface area contributed by atoms with Gasteiger partial charge in [0.25, 0.3) is 5.89 Å². The van der Waals surface area contributed by atoms with Crippen LogP contribution in [0.5, 0.6) is 0 Å². The van der Waals surface area contributed by atoms with Crippen LogP contribution in [0.1, 0.15) is 25.2 Å². The van der Waals surface area contributed by atoms with Crippen molar-refractivity contribution in [2.24, 2.45) is 0 Å². The Kier molecular flexibility index (Phi) is 5.53. The molecule has 4 aromatic rings. The fourth-order valence-corrected chi connectivity index (χ4v) is 3.18. The summed E-state index contributed by atoms with van der Waals surface area (Å²) in [5.74, 6) is 1.17. The normalized spacial score (nSPS) is 12.2. The van der Waals surface area contributed by atoms with Crippen molar-refractivity contribution < 1.29 is 4.52 Å². The topological polar surface area (TPSA) is 68.8 Å². The van der Waals surface area contributed by atoms with Crippen molar-refractivity contribution in [1.82, 2.24) is 25.2 Å². The Balaban J connectivity index is 1.77. The van der Waals surface area contributed by atoms with E-state index in [2.05, 4.69) is 53.6 Å². The smallest absolute Gasteiger partial charge is 0.261 e. The Bertz CT molecular complexity index is 1070. The van der Waals surface area contributed by atoms with Gasteiger partial charge >= 0.3 is 0 Å². The quantitative estimate of drug-likeness (QED) is 0.512. The van der Waals surface area contributed by atoms with E-state index in [1.165, 1.54) is 5.56 Å². The van der Waals surface area contributed by atoms with Gasteiger partial charge in [0.15, 0.2) is 5.82 Å². The van der Waals surface area contributed by atoms with Gasteiger partial charge in [-0.1, -0.05) is 54.5 Å². The van der Waals surface area contributed by atoms with Crippen LogP contribution in [0.15, 0.2) is 65.3 Å². The number of likely N-dealkylation sites (N-methyl/N-ethyl adjacent to an activating group) is 1. The maximum Gasteiger partial charge on any atom is 0.261 e. The molecule has 29 heavy (non-hydrogen) atoms. The molecule has 4 rings (SSSR count). The van der Waals surface area contributed by atoms with Crippen LogP contribution in [0.25, 0.3) is 28.4 Å². The molecule has 2 heterocycles. The maximum atomic E-state index is 5.61. The molecule has 1 unspecified atom stereocenters. The van der Waals surface area contributed by atoms with Crippen LogP contribution >= 0.6 is 0 Å². The Morgan fingerprint density at radius 3 is 2.52 bits per heavy atom. The molecule has 6 heteroatoms. The number of para-hydroxylation sites is 1. The molecule has 0 radical (unpaired) electrons. The van der Waals surface area contributed by atoms with E-state index in [9.17, 15) is 0 Å². The third-order valence-corrected chi connectivity index (χ3v) is 5.05. The largest absolute Gasteiger partial charge is 0.334 e. The van der Waals surface area contributed by atoms with E-state index >= 15 is 0 Å². The third kappa shape index (κ3) is 4.12. The second-order valence-electron chi connectivity index (χ2n) is 7.13. The van der Waals surface area contributed by atoms with E-state index in [1.54, 1.807) is 0 Å². The van der Waals surface area contributed by atoms with Crippen molar-refractivity contribution in [2.75, 3.05) is 7.05 Å². The lowest BCUT2D eigenvalue weighted by atomic mass is 10.0. The number of aryl methyl sites for hydroxylation is 1. The summed E-state index contributed by atoms with van der Waals surface area (Å²) < 4.78 is 7.47. The molecule has 148 valence electrons. The Morgan fingerprint density at radius 1 is 1.07 bits per heavy atom. The summed E-state index contributed by atoms with van der Waals surface area (Å²) in [6, 6.07) is 18.8. The van der Waals surface area contributed by atoms with Crippen LogP contribution < -0.4 is 5.32 Å². The molecule has 0 bridgehead atoms. The maximum absolute atomic E-state index is 5.61. The summed E-state index contributed by atoms with van der Waals surface area (Å²) in [6.45, 7) is 4.24. The highest BCUT2D eigenvalue weighted by molar-refractivity contribution is 5.77. The summed E-state index contributed by atoms with van der Waals surface area (Å²) >= 11 is 0. The van der Waals surface area contributed by atoms with Crippen molar-refractivity contribution in [3.8, 4) is 28.4 Å². The summed E-state index contributed by atoms with van der Waals surface area (Å²) in [7, 11) is 1.92. The zero-order valence-corrected chi connectivity index (χ0v) is 17.0. The van der Waals surface area contributed by atoms with Gasteiger partial charge in [-0.2, -0.15) is 10.1 Å². The minimum absolute atomic E-state index is 0.272. The van der Waals surface area contributed by atoms with Gasteiger partial charge in [0.05, 0.1) is 11.3 Å². The molecule has 0 aliphatic carbocycles. The van der Waals surface area contributed by atoms with Gasteiger partial charge in [-0.25, -0.2) is 4.68 Å². The van der Waals surface area contributed by atoms with Crippen molar-refractivity contribution >= 4 is 0 Å². The molecule has 0 amide bonds. The van der Waals surface area contributed by atoms with Gasteiger partial charge in [0, 0.05) is 24.2 Å². The van der Waals surface area contributed by atoms with E-state index < -0.39 is 0 Å². The highest BCUT2D eigenvalue weighted by Crippen LogP contribution is 2.31. The Labute approximate surface area is 170 Å². The van der Waals surface area contributed by atoms with Crippen molar-refractivity contribution in [3.05, 3.63) is 72.2 Å². The van der Waals surface area contributed by atoms with Gasteiger partial charge in [0.1, 0.15) is 5.69 Å². The lowest BCUT2D eigenvalue weighted by Crippen LogP contribution is -2.24. The van der Waals surface area contributed by atoms with Gasteiger partial charge < -0.3 is 9.84 Å². The van der Waals surface area contributed by atoms with Crippen molar-refractivity contribution in [2.45, 2.75) is 32.7 Å². The SMILES string of the molecule is CCc1ccc(-c2nn(-c3ccccc3)cc2-c2nc(CC(C)NC)no2)cc1. The molecule has 0 saturated carbocycles. The van der Waals surface area contributed by atoms with E-state index in [4.69, 9.17) is 9.62 Å². The molecule has 0 saturated heterocycles. The first-order chi connectivity index (χ1) is 14.2. The number of hydrogen-bond acceptors (Lipinski definition) is 5. The fourth-order valence-electron chi connectivity index (χ4n) is 3.18. The monoisotopic (exact) mass is 387 g/mol. The predicted octanol–water partition coefficient (Wildman–Crippen LogP) is 4.30. The Morgan fingerprint density at radius 2 is 1.83 bits per heavy atom. The van der Waals surface area contributed by atoms with Crippen LogP contribution in [0, 0.1) is 0 Å². The zero-order valence-electron chi connectivity index (χ0n) is 17.0. The molecule has 0 spiro atoms. The lowest BCUT2D eigenvalue weighted by molar-refractivity contribution is 0.418. The number of benzene rings is 2. The number of aromatic nitrogens is 4. The van der Waals surface area contributed by atoms with Crippen LogP contribution in [0.4, 0.5) is 0 Å². The molecule has 6 nitrogen and oxygen atoms in total. The molecule has 2 aromatic heterocycles. The summed E-state index contributed by atoms with van der Waals surface area (Å²) in [5, 5.41) is 12.2. The number of nitrogens with zero attached hydrogens (tertiary/aromatic N) is 4. The summed E-state index contributed by atoms with van der Waals surface area (Å²) in [4.78, 5) is 4.62. The van der Waals surface area contributed by atoms with Gasteiger partial charge in [-0.15, -0.1) is 0 Å². The zero-order chi connectivity index (χ0) is 20.2. The van der Waals surface area contributed by atoms with Gasteiger partial charge in [0.2, 0.25) is 0 Å². The molecule has 0 aliphatic rings. The molecule has 1 atom stereocenters. The summed E-state index contributed by atoms with van der Waals surface area (Å²) in [5.41, 5.74) is 4.95. The Hall–Kier alpha value is -3.25. The fraction of sp³-hybridized carbons (Fsp3) is 0.261. The average molecular weight is 387 g/mol. The lowest BCUT2D eigenvalue weighted by Gasteiger charge is -2.04. The van der Waals surface area contributed by atoms with Crippen LogP contribution in [0.3, 0.4) is 0 Å². The number of nitrogens with one attached hydrogen (secondary N) is 1. The summed E-state index contributed by atoms with van der Waals surface area (Å²) in [6.07, 6.45) is 3.66. The van der Waals surface area contributed by atoms with E-state index in [1.807, 2.05) is 48.3 Å². The molecule has 0 fully saturated rings. The highest BCUT2D eigenvalue weighted by Gasteiger charge is 2.20. The first-order valence-electron chi connectivity index (χ1n) is 9.92. The predicted molar refractivity (Wildman–Crippen MR) is 114 cm³/mol. The first kappa shape index (κ1) is 19.1. The van der Waals surface area contributed by atoms with Crippen molar-refractivity contribution in [1.29, 1.82) is 0 Å². The molecule has 2 aromatic carbocycles. The minimum atomic E-state index is 0.272. The van der Waals surface area contributed by atoms with E-state index in [-0.39, 0.29) is 6.04 Å². The average Bonchev–Trinajstić information content (AvgIpc) is 3.41. The highest BCUT2D eigenvalue weighted by atomic mass is 16.5. The number of hydrogen-bond donors (Lipinski definition) is 1. The first-order valence-corrected chi connectivity index (χ1v) is 9.92. The molecule has 1 N–H and O–H groups in total. The second kappa shape index (κ2) is 8.41. The van der Waals surface area contributed by atoms with Crippen LogP contribution in [-0.4, -0.2) is 33.0 Å². The molecule has 0 aliphatic heterocycles. The standard InChI is InChI=1S/C23H25N5O/c1-4-17-10-12-18(13-11-17)22-20(15-28(26-22)19-8-6-5-7-9-19)23-25-21(27-29-23)14-16(2)24-3/h5-13,15-16,24H,4,14H2,1-3H3. The van der Waals surface area contributed by atoms with Gasteiger partial charge in [-0.05, 0) is 38.1 Å². The van der Waals surface area contributed by atoms with Crippen LogP contribution in [-0.2, 0) is 12.8 Å². The van der Waals surface area contributed by atoms with E-state index in [0.29, 0.717) is 18.1 Å².